The molecule has 0 amide bonds. The second-order valence-electron chi connectivity index (χ2n) is 5.31. The quantitative estimate of drug-likeness (QED) is 0.829. The van der Waals surface area contributed by atoms with Gasteiger partial charge < -0.3 is 10.2 Å². The van der Waals surface area contributed by atoms with Gasteiger partial charge in [-0.3, -0.25) is 4.68 Å². The molecular weight excluding hydrogens is 224 g/mol. The minimum absolute atomic E-state index is 0.701. The summed E-state index contributed by atoms with van der Waals surface area (Å²) in [6, 6.07) is 0.701. The summed E-state index contributed by atoms with van der Waals surface area (Å²) in [6.07, 6.45) is 9.27. The van der Waals surface area contributed by atoms with Crippen molar-refractivity contribution in [1.82, 2.24) is 20.0 Å². The Hall–Kier alpha value is -0.870. The van der Waals surface area contributed by atoms with Gasteiger partial charge in [0, 0.05) is 32.4 Å². The molecule has 18 heavy (non-hydrogen) atoms. The van der Waals surface area contributed by atoms with Crippen molar-refractivity contribution in [2.45, 2.75) is 38.6 Å². The summed E-state index contributed by atoms with van der Waals surface area (Å²) in [7, 11) is 1.98. The lowest BCUT2D eigenvalue weighted by molar-refractivity contribution is 0.235. The summed E-state index contributed by atoms with van der Waals surface area (Å²) in [5.41, 5.74) is 1.34. The maximum atomic E-state index is 4.22. The number of likely N-dealkylation sites (N-methyl/N-ethyl adjacent to an activating group) is 1. The van der Waals surface area contributed by atoms with Crippen molar-refractivity contribution in [2.24, 2.45) is 7.05 Å². The number of rotatable bonds is 6. The number of aryl methyl sites for hydroxylation is 1. The van der Waals surface area contributed by atoms with E-state index in [1.165, 1.54) is 37.9 Å². The molecular formula is C14H26N4. The zero-order valence-electron chi connectivity index (χ0n) is 11.7. The van der Waals surface area contributed by atoms with Crippen LogP contribution in [-0.2, 0) is 13.5 Å². The van der Waals surface area contributed by atoms with Crippen LogP contribution in [0.3, 0.4) is 0 Å². The highest BCUT2D eigenvalue weighted by Crippen LogP contribution is 2.09. The molecule has 1 saturated heterocycles. The first-order valence-electron chi connectivity index (χ1n) is 7.21. The van der Waals surface area contributed by atoms with Crippen molar-refractivity contribution in [3.8, 4) is 0 Å². The van der Waals surface area contributed by atoms with E-state index in [0.717, 1.165) is 19.5 Å². The molecule has 0 saturated carbocycles. The van der Waals surface area contributed by atoms with E-state index in [1.807, 2.05) is 17.9 Å². The maximum absolute atomic E-state index is 4.22. The molecule has 1 atom stereocenters. The van der Waals surface area contributed by atoms with E-state index < -0.39 is 0 Å². The van der Waals surface area contributed by atoms with Crippen LogP contribution in [0.5, 0.6) is 0 Å². The third-order valence-corrected chi connectivity index (χ3v) is 3.81. The van der Waals surface area contributed by atoms with Gasteiger partial charge in [-0.1, -0.05) is 13.3 Å². The van der Waals surface area contributed by atoms with Crippen LogP contribution >= 0.6 is 0 Å². The summed E-state index contributed by atoms with van der Waals surface area (Å²) in [6.45, 7) is 6.92. The molecule has 0 bridgehead atoms. The van der Waals surface area contributed by atoms with Crippen molar-refractivity contribution in [1.29, 1.82) is 0 Å². The minimum Gasteiger partial charge on any atom is -0.313 e. The average molecular weight is 250 g/mol. The summed E-state index contributed by atoms with van der Waals surface area (Å²) in [5.74, 6) is 0. The van der Waals surface area contributed by atoms with Crippen LogP contribution in [0.15, 0.2) is 12.4 Å². The normalized spacial score (nSPS) is 20.5. The molecule has 1 aliphatic heterocycles. The van der Waals surface area contributed by atoms with E-state index in [2.05, 4.69) is 28.4 Å². The fourth-order valence-corrected chi connectivity index (χ4v) is 2.66. The number of hydrogen-bond donors (Lipinski definition) is 1. The number of nitrogens with zero attached hydrogens (tertiary/aromatic N) is 3. The molecule has 4 heteroatoms. The number of hydrogen-bond acceptors (Lipinski definition) is 3. The third kappa shape index (κ3) is 4.10. The molecule has 1 unspecified atom stereocenters. The van der Waals surface area contributed by atoms with Crippen molar-refractivity contribution >= 4 is 0 Å². The highest BCUT2D eigenvalue weighted by molar-refractivity contribution is 5.04. The Morgan fingerprint density at radius 2 is 2.39 bits per heavy atom. The molecule has 1 aromatic rings. The third-order valence-electron chi connectivity index (χ3n) is 3.81. The average Bonchev–Trinajstić information content (AvgIpc) is 2.81. The molecule has 0 aromatic carbocycles. The van der Waals surface area contributed by atoms with Crippen LogP contribution in [0.25, 0.3) is 0 Å². The molecule has 2 rings (SSSR count). The Morgan fingerprint density at radius 3 is 3.00 bits per heavy atom. The summed E-state index contributed by atoms with van der Waals surface area (Å²) in [5, 5.41) is 7.85. The molecule has 1 aliphatic rings. The first-order valence-corrected chi connectivity index (χ1v) is 7.21. The number of piperidine rings is 1. The van der Waals surface area contributed by atoms with Crippen molar-refractivity contribution in [3.05, 3.63) is 18.0 Å². The van der Waals surface area contributed by atoms with Gasteiger partial charge in [-0.05, 0) is 37.9 Å². The van der Waals surface area contributed by atoms with Gasteiger partial charge in [0.2, 0.25) is 0 Å². The summed E-state index contributed by atoms with van der Waals surface area (Å²) < 4.78 is 1.88. The topological polar surface area (TPSA) is 33.1 Å². The fourth-order valence-electron chi connectivity index (χ4n) is 2.66. The highest BCUT2D eigenvalue weighted by atomic mass is 15.2. The van der Waals surface area contributed by atoms with Crippen LogP contribution in [0.1, 0.15) is 31.7 Å². The predicted molar refractivity (Wildman–Crippen MR) is 74.7 cm³/mol. The Bertz CT molecular complexity index is 341. The van der Waals surface area contributed by atoms with Gasteiger partial charge in [-0.2, -0.15) is 5.10 Å². The van der Waals surface area contributed by atoms with Crippen LogP contribution in [0, 0.1) is 0 Å². The van der Waals surface area contributed by atoms with Crippen LogP contribution in [0.2, 0.25) is 0 Å². The molecule has 1 aromatic heterocycles. The van der Waals surface area contributed by atoms with Gasteiger partial charge >= 0.3 is 0 Å². The van der Waals surface area contributed by atoms with E-state index in [1.54, 1.807) is 0 Å². The van der Waals surface area contributed by atoms with E-state index in [9.17, 15) is 0 Å². The standard InChI is InChI=1S/C14H26N4/c1-3-18(12-14-6-4-5-8-15-14)9-7-13-10-16-17(2)11-13/h10-11,14-15H,3-9,12H2,1-2H3. The smallest absolute Gasteiger partial charge is 0.0522 e. The largest absolute Gasteiger partial charge is 0.313 e. The van der Waals surface area contributed by atoms with Crippen molar-refractivity contribution < 1.29 is 0 Å². The second kappa shape index (κ2) is 6.90. The van der Waals surface area contributed by atoms with E-state index in [-0.39, 0.29) is 0 Å². The first kappa shape index (κ1) is 13.6. The molecule has 102 valence electrons. The monoisotopic (exact) mass is 250 g/mol. The molecule has 1 fully saturated rings. The molecule has 0 aliphatic carbocycles. The van der Waals surface area contributed by atoms with Gasteiger partial charge in [-0.25, -0.2) is 0 Å². The van der Waals surface area contributed by atoms with Crippen LogP contribution in [-0.4, -0.2) is 46.9 Å². The van der Waals surface area contributed by atoms with E-state index >= 15 is 0 Å². The zero-order chi connectivity index (χ0) is 12.8. The first-order chi connectivity index (χ1) is 8.78. The molecule has 0 spiro atoms. The van der Waals surface area contributed by atoms with E-state index in [4.69, 9.17) is 0 Å². The fraction of sp³-hybridized carbons (Fsp3) is 0.786. The van der Waals surface area contributed by atoms with Gasteiger partial charge in [0.1, 0.15) is 0 Å². The summed E-state index contributed by atoms with van der Waals surface area (Å²) >= 11 is 0. The Kier molecular flexibility index (Phi) is 5.20. The molecule has 1 N–H and O–H groups in total. The Balaban J connectivity index is 1.74. The van der Waals surface area contributed by atoms with Gasteiger partial charge in [0.05, 0.1) is 6.20 Å². The van der Waals surface area contributed by atoms with E-state index in [0.29, 0.717) is 6.04 Å². The summed E-state index contributed by atoms with van der Waals surface area (Å²) in [4.78, 5) is 2.55. The zero-order valence-corrected chi connectivity index (χ0v) is 11.7. The second-order valence-corrected chi connectivity index (χ2v) is 5.31. The van der Waals surface area contributed by atoms with Gasteiger partial charge in [-0.15, -0.1) is 0 Å². The Labute approximate surface area is 110 Å². The number of nitrogens with one attached hydrogen (secondary N) is 1. The SMILES string of the molecule is CCN(CCc1cnn(C)c1)CC1CCCCN1. The van der Waals surface area contributed by atoms with Gasteiger partial charge in [0.15, 0.2) is 0 Å². The van der Waals surface area contributed by atoms with Crippen LogP contribution in [0.4, 0.5) is 0 Å². The highest BCUT2D eigenvalue weighted by Gasteiger charge is 2.15. The van der Waals surface area contributed by atoms with Gasteiger partial charge in [0.25, 0.3) is 0 Å². The molecule has 0 radical (unpaired) electrons. The van der Waals surface area contributed by atoms with Crippen molar-refractivity contribution in [3.63, 3.8) is 0 Å². The maximum Gasteiger partial charge on any atom is 0.0522 e. The molecule has 4 nitrogen and oxygen atoms in total. The Morgan fingerprint density at radius 1 is 1.50 bits per heavy atom. The van der Waals surface area contributed by atoms with Crippen LogP contribution < -0.4 is 5.32 Å². The number of aromatic nitrogens is 2. The lowest BCUT2D eigenvalue weighted by Crippen LogP contribution is -2.44. The predicted octanol–water partition coefficient (Wildman–Crippen LogP) is 1.43. The lowest BCUT2D eigenvalue weighted by Gasteiger charge is -2.29. The molecule has 2 heterocycles. The van der Waals surface area contributed by atoms with Crippen molar-refractivity contribution in [2.75, 3.05) is 26.2 Å². The lowest BCUT2D eigenvalue weighted by atomic mass is 10.0. The minimum atomic E-state index is 0.701.